The smallest absolute Gasteiger partial charge is 0.469 e. The summed E-state index contributed by atoms with van der Waals surface area (Å²) in [5, 5.41) is 29.1. The van der Waals surface area contributed by atoms with Crippen molar-refractivity contribution in [3.05, 3.63) is 35.9 Å². The van der Waals surface area contributed by atoms with Gasteiger partial charge in [-0.1, -0.05) is 44.2 Å². The number of rotatable bonds is 14. The Morgan fingerprint density at radius 2 is 1.47 bits per heavy atom. The Hall–Kier alpha value is -3.65. The zero-order valence-corrected chi connectivity index (χ0v) is 22.2. The number of ether oxygens (including phenoxy) is 2. The van der Waals surface area contributed by atoms with Gasteiger partial charge in [-0.25, -0.2) is 4.79 Å². The zero-order chi connectivity index (χ0) is 28.8. The van der Waals surface area contributed by atoms with E-state index in [9.17, 15) is 34.0 Å². The van der Waals surface area contributed by atoms with Crippen LogP contribution in [0.15, 0.2) is 30.3 Å². The minimum atomic E-state index is -1.95. The van der Waals surface area contributed by atoms with Gasteiger partial charge in [-0.15, -0.1) is 0 Å². The molecule has 1 aromatic carbocycles. The molecule has 210 valence electrons. The molecule has 0 saturated heterocycles. The molecule has 4 atom stereocenters. The van der Waals surface area contributed by atoms with Gasteiger partial charge in [0, 0.05) is 12.8 Å². The van der Waals surface area contributed by atoms with Crippen LogP contribution in [0.1, 0.15) is 39.2 Å². The van der Waals surface area contributed by atoms with E-state index in [0.29, 0.717) is 0 Å². The van der Waals surface area contributed by atoms with Crippen molar-refractivity contribution in [1.29, 1.82) is 0 Å². The largest absolute Gasteiger partial charge is 0.475 e. The van der Waals surface area contributed by atoms with Crippen LogP contribution in [-0.4, -0.2) is 85.2 Å². The van der Waals surface area contributed by atoms with E-state index in [1.807, 2.05) is 0 Å². The number of esters is 1. The summed E-state index contributed by atoms with van der Waals surface area (Å²) >= 11 is 0. The molecule has 38 heavy (non-hydrogen) atoms. The summed E-state index contributed by atoms with van der Waals surface area (Å²) in [6.45, 7) is 4.81. The van der Waals surface area contributed by atoms with E-state index >= 15 is 0 Å². The second-order valence-electron chi connectivity index (χ2n) is 8.98. The van der Waals surface area contributed by atoms with Crippen LogP contribution < -0.4 is 21.3 Å². The Morgan fingerprint density at radius 3 is 2.00 bits per heavy atom. The first-order chi connectivity index (χ1) is 17.9. The first-order valence-electron chi connectivity index (χ1n) is 12.1. The van der Waals surface area contributed by atoms with Crippen molar-refractivity contribution >= 4 is 36.9 Å². The SMILES string of the molecule is COC(=O)CCC(NC(=O)[C@H](C)NC(=O)[C@H](Cc1ccccc1)NC(=O)[C@@H](NC(=O)OC)C(C)C)B(O)O. The van der Waals surface area contributed by atoms with Gasteiger partial charge in [0.25, 0.3) is 0 Å². The van der Waals surface area contributed by atoms with Gasteiger partial charge < -0.3 is 40.8 Å². The highest BCUT2D eigenvalue weighted by molar-refractivity contribution is 6.43. The number of carbonyl (C=O) groups is 5. The van der Waals surface area contributed by atoms with Crippen molar-refractivity contribution in [3.8, 4) is 0 Å². The van der Waals surface area contributed by atoms with Crippen LogP contribution in [0.25, 0.3) is 0 Å². The summed E-state index contributed by atoms with van der Waals surface area (Å²) in [5.74, 6) is -4.14. The van der Waals surface area contributed by atoms with Crippen LogP contribution >= 0.6 is 0 Å². The van der Waals surface area contributed by atoms with Crippen LogP contribution in [0.5, 0.6) is 0 Å². The molecule has 14 heteroatoms. The molecule has 0 saturated carbocycles. The summed E-state index contributed by atoms with van der Waals surface area (Å²) in [6, 6.07) is 5.64. The fraction of sp³-hybridized carbons (Fsp3) is 0.542. The maximum absolute atomic E-state index is 13.2. The number of nitrogens with one attached hydrogen (secondary N) is 4. The van der Waals surface area contributed by atoms with Crippen molar-refractivity contribution in [2.75, 3.05) is 14.2 Å². The molecule has 0 heterocycles. The molecule has 1 rings (SSSR count). The Balaban J connectivity index is 2.99. The third-order valence-corrected chi connectivity index (χ3v) is 5.65. The second kappa shape index (κ2) is 16.2. The second-order valence-corrected chi connectivity index (χ2v) is 8.98. The number of carbonyl (C=O) groups excluding carboxylic acids is 5. The molecule has 13 nitrogen and oxygen atoms in total. The standard InChI is InChI=1S/C24H37BN4O9/c1-14(2)20(29-24(34)38-5)23(33)27-17(13-16-9-7-6-8-10-16)22(32)26-15(3)21(31)28-18(25(35)36)11-12-19(30)37-4/h6-10,14-15,17-18,20,35-36H,11-13H2,1-5H3,(H,26,32)(H,27,33)(H,28,31)(H,29,34)/t15-,17-,18?,20-/m0/s1. The van der Waals surface area contributed by atoms with E-state index in [-0.39, 0.29) is 25.2 Å². The average Bonchev–Trinajstić information content (AvgIpc) is 2.88. The molecular weight excluding hydrogens is 499 g/mol. The Morgan fingerprint density at radius 1 is 0.842 bits per heavy atom. The predicted molar refractivity (Wildman–Crippen MR) is 137 cm³/mol. The van der Waals surface area contributed by atoms with Crippen molar-refractivity contribution < 1.29 is 43.5 Å². The highest BCUT2D eigenvalue weighted by Gasteiger charge is 2.32. The number of hydrogen-bond donors (Lipinski definition) is 6. The fourth-order valence-corrected chi connectivity index (χ4v) is 3.40. The molecule has 0 bridgehead atoms. The maximum Gasteiger partial charge on any atom is 0.475 e. The summed E-state index contributed by atoms with van der Waals surface area (Å²) in [6.07, 6.45) is -0.983. The lowest BCUT2D eigenvalue weighted by Gasteiger charge is -2.26. The molecule has 0 aliphatic rings. The first-order valence-corrected chi connectivity index (χ1v) is 12.1. The molecule has 1 aromatic rings. The lowest BCUT2D eigenvalue weighted by molar-refractivity contribution is -0.141. The zero-order valence-electron chi connectivity index (χ0n) is 22.2. The van der Waals surface area contributed by atoms with Gasteiger partial charge in [0.05, 0.1) is 20.2 Å². The Bertz CT molecular complexity index is 946. The highest BCUT2D eigenvalue weighted by atomic mass is 16.5. The van der Waals surface area contributed by atoms with Crippen LogP contribution in [-0.2, 0) is 35.1 Å². The van der Waals surface area contributed by atoms with Crippen LogP contribution in [0.2, 0.25) is 0 Å². The van der Waals surface area contributed by atoms with Crippen molar-refractivity contribution in [1.82, 2.24) is 21.3 Å². The van der Waals surface area contributed by atoms with Crippen LogP contribution in [0.4, 0.5) is 4.79 Å². The molecule has 0 radical (unpaired) electrons. The molecule has 1 unspecified atom stereocenters. The molecule has 0 aliphatic heterocycles. The summed E-state index contributed by atoms with van der Waals surface area (Å²) in [7, 11) is 0.396. The lowest BCUT2D eigenvalue weighted by atomic mass is 9.76. The lowest BCUT2D eigenvalue weighted by Crippen LogP contribution is -2.58. The number of alkyl carbamates (subject to hydrolysis) is 1. The van der Waals surface area contributed by atoms with Crippen LogP contribution in [0, 0.1) is 5.92 Å². The highest BCUT2D eigenvalue weighted by Crippen LogP contribution is 2.08. The van der Waals surface area contributed by atoms with Crippen LogP contribution in [0.3, 0.4) is 0 Å². The molecule has 6 N–H and O–H groups in total. The van der Waals surface area contributed by atoms with Gasteiger partial charge in [0.1, 0.15) is 18.1 Å². The quantitative estimate of drug-likeness (QED) is 0.128. The molecule has 0 aliphatic carbocycles. The van der Waals surface area contributed by atoms with Gasteiger partial charge in [-0.3, -0.25) is 19.2 Å². The molecule has 4 amide bonds. The van der Waals surface area contributed by atoms with Crippen molar-refractivity contribution in [2.24, 2.45) is 5.92 Å². The number of methoxy groups -OCH3 is 2. The van der Waals surface area contributed by atoms with Gasteiger partial charge in [0.2, 0.25) is 17.7 Å². The third-order valence-electron chi connectivity index (χ3n) is 5.65. The molecule has 0 fully saturated rings. The topological polar surface area (TPSA) is 192 Å². The molecular formula is C24H37BN4O9. The predicted octanol–water partition coefficient (Wildman–Crippen LogP) is -0.951. The van der Waals surface area contributed by atoms with E-state index in [4.69, 9.17) is 0 Å². The number of benzene rings is 1. The Kier molecular flexibility index (Phi) is 13.8. The summed E-state index contributed by atoms with van der Waals surface area (Å²) in [4.78, 5) is 61.9. The van der Waals surface area contributed by atoms with E-state index in [1.165, 1.54) is 21.1 Å². The van der Waals surface area contributed by atoms with E-state index < -0.39 is 61.0 Å². The monoisotopic (exact) mass is 536 g/mol. The van der Waals surface area contributed by atoms with Crippen molar-refractivity contribution in [2.45, 2.75) is 64.1 Å². The van der Waals surface area contributed by atoms with Gasteiger partial charge in [0.15, 0.2) is 0 Å². The minimum Gasteiger partial charge on any atom is -0.469 e. The number of hydrogen-bond acceptors (Lipinski definition) is 9. The van der Waals surface area contributed by atoms with Crippen molar-refractivity contribution in [3.63, 3.8) is 0 Å². The fourth-order valence-electron chi connectivity index (χ4n) is 3.40. The maximum atomic E-state index is 13.2. The first kappa shape index (κ1) is 32.4. The van der Waals surface area contributed by atoms with Gasteiger partial charge in [-0.2, -0.15) is 0 Å². The third kappa shape index (κ3) is 11.2. The molecule has 0 aromatic heterocycles. The summed E-state index contributed by atoms with van der Waals surface area (Å²) in [5.41, 5.74) is 0.735. The van der Waals surface area contributed by atoms with Gasteiger partial charge >= 0.3 is 19.2 Å². The Labute approximate surface area is 222 Å². The summed E-state index contributed by atoms with van der Waals surface area (Å²) < 4.78 is 9.09. The normalized spacial score (nSPS) is 13.8. The van der Waals surface area contributed by atoms with E-state index in [1.54, 1.807) is 44.2 Å². The molecule has 0 spiro atoms. The number of amides is 4. The van der Waals surface area contributed by atoms with E-state index in [2.05, 4.69) is 30.7 Å². The average molecular weight is 536 g/mol. The van der Waals surface area contributed by atoms with E-state index in [0.717, 1.165) is 5.56 Å². The van der Waals surface area contributed by atoms with Gasteiger partial charge in [-0.05, 0) is 24.8 Å². The minimum absolute atomic E-state index is 0.0902.